The van der Waals surface area contributed by atoms with Crippen LogP contribution in [-0.4, -0.2) is 35.7 Å². The number of nitrogens with zero attached hydrogens (tertiary/aromatic N) is 3. The zero-order valence-electron chi connectivity index (χ0n) is 14.3. The molecule has 8 nitrogen and oxygen atoms in total. The summed E-state index contributed by atoms with van der Waals surface area (Å²) >= 11 is 0.989. The molecule has 1 aromatic heterocycles. The Morgan fingerprint density at radius 2 is 1.92 bits per heavy atom. The molecule has 0 atom stereocenters. The van der Waals surface area contributed by atoms with Crippen LogP contribution in [-0.2, 0) is 10.0 Å². The zero-order chi connectivity index (χ0) is 18.8. The second-order valence-corrected chi connectivity index (χ2v) is 8.13. The van der Waals surface area contributed by atoms with Gasteiger partial charge in [0.1, 0.15) is 5.76 Å². The highest BCUT2D eigenvalue weighted by Gasteiger charge is 2.26. The molecule has 10 heteroatoms. The highest BCUT2D eigenvalue weighted by atomic mass is 32.2. The zero-order valence-corrected chi connectivity index (χ0v) is 16.0. The summed E-state index contributed by atoms with van der Waals surface area (Å²) in [5.41, 5.74) is 0.401. The fourth-order valence-corrected chi connectivity index (χ4v) is 4.57. The first-order valence-corrected chi connectivity index (χ1v) is 9.86. The summed E-state index contributed by atoms with van der Waals surface area (Å²) < 4.78 is 31.8. The van der Waals surface area contributed by atoms with Crippen molar-refractivity contribution in [1.82, 2.24) is 9.29 Å². The van der Waals surface area contributed by atoms with Crippen LogP contribution in [0, 0.1) is 24.0 Å². The molecular formula is C15H19N3O5S2. The molecule has 0 N–H and O–H groups in total. The van der Waals surface area contributed by atoms with Crippen molar-refractivity contribution in [2.75, 3.05) is 13.1 Å². The Balaban J connectivity index is 2.46. The molecule has 0 unspecified atom stereocenters. The first kappa shape index (κ1) is 19.4. The van der Waals surface area contributed by atoms with Crippen molar-refractivity contribution in [3.05, 3.63) is 39.8 Å². The number of benzene rings is 1. The maximum Gasteiger partial charge on any atom is 0.284 e. The summed E-state index contributed by atoms with van der Waals surface area (Å²) in [6.45, 7) is 7.54. The fraction of sp³-hybridized carbons (Fsp3) is 0.400. The number of nitro groups is 1. The van der Waals surface area contributed by atoms with E-state index in [1.807, 2.05) is 0 Å². The van der Waals surface area contributed by atoms with Gasteiger partial charge in [0.25, 0.3) is 10.9 Å². The number of hydrogen-bond acceptors (Lipinski definition) is 7. The fourth-order valence-electron chi connectivity index (χ4n) is 2.18. The van der Waals surface area contributed by atoms with Crippen molar-refractivity contribution in [3.8, 4) is 0 Å². The van der Waals surface area contributed by atoms with Crippen LogP contribution in [0.15, 0.2) is 37.6 Å². The van der Waals surface area contributed by atoms with Gasteiger partial charge in [-0.25, -0.2) is 13.4 Å². The van der Waals surface area contributed by atoms with E-state index >= 15 is 0 Å². The molecule has 0 amide bonds. The number of sulfonamides is 1. The monoisotopic (exact) mass is 385 g/mol. The van der Waals surface area contributed by atoms with Gasteiger partial charge in [-0.2, -0.15) is 4.31 Å². The normalized spacial score (nSPS) is 11.9. The van der Waals surface area contributed by atoms with Gasteiger partial charge in [0.2, 0.25) is 10.0 Å². The third kappa shape index (κ3) is 4.02. The second kappa shape index (κ2) is 7.54. The molecule has 0 fully saturated rings. The molecule has 0 bridgehead atoms. The summed E-state index contributed by atoms with van der Waals surface area (Å²) in [7, 11) is -3.77. The van der Waals surface area contributed by atoms with Crippen LogP contribution in [0.4, 0.5) is 5.69 Å². The Morgan fingerprint density at radius 1 is 1.28 bits per heavy atom. The lowest BCUT2D eigenvalue weighted by atomic mass is 10.3. The van der Waals surface area contributed by atoms with E-state index in [9.17, 15) is 18.5 Å². The summed E-state index contributed by atoms with van der Waals surface area (Å²) in [6.07, 6.45) is 0. The number of aromatic nitrogens is 1. The average Bonchev–Trinajstić information content (AvgIpc) is 2.86. The number of nitro benzene ring substituents is 1. The second-order valence-electron chi connectivity index (χ2n) is 5.20. The van der Waals surface area contributed by atoms with E-state index in [0.29, 0.717) is 11.5 Å². The lowest BCUT2D eigenvalue weighted by Gasteiger charge is -2.18. The van der Waals surface area contributed by atoms with E-state index in [1.54, 1.807) is 27.7 Å². The molecule has 25 heavy (non-hydrogen) atoms. The third-order valence-corrected chi connectivity index (χ3v) is 6.64. The summed E-state index contributed by atoms with van der Waals surface area (Å²) in [5.74, 6) is 0.630. The van der Waals surface area contributed by atoms with Crippen molar-refractivity contribution < 1.29 is 17.8 Å². The van der Waals surface area contributed by atoms with Crippen LogP contribution in [0.5, 0.6) is 0 Å². The first-order chi connectivity index (χ1) is 11.7. The van der Waals surface area contributed by atoms with Gasteiger partial charge in [-0.05, 0) is 37.7 Å². The number of aryl methyl sites for hydroxylation is 2. The molecule has 0 saturated heterocycles. The lowest BCUT2D eigenvalue weighted by Crippen LogP contribution is -2.30. The van der Waals surface area contributed by atoms with Crippen LogP contribution in [0.2, 0.25) is 0 Å². The summed E-state index contributed by atoms with van der Waals surface area (Å²) in [4.78, 5) is 15.1. The van der Waals surface area contributed by atoms with Crippen molar-refractivity contribution in [2.24, 2.45) is 0 Å². The van der Waals surface area contributed by atoms with Gasteiger partial charge < -0.3 is 4.42 Å². The predicted octanol–water partition coefficient (Wildman–Crippen LogP) is 3.38. The molecule has 2 aromatic rings. The summed E-state index contributed by atoms with van der Waals surface area (Å²) in [6, 6.07) is 3.86. The third-order valence-electron chi connectivity index (χ3n) is 3.68. The van der Waals surface area contributed by atoms with Crippen LogP contribution in [0.1, 0.15) is 25.3 Å². The van der Waals surface area contributed by atoms with Crippen molar-refractivity contribution in [1.29, 1.82) is 0 Å². The van der Waals surface area contributed by atoms with Crippen LogP contribution >= 0.6 is 11.8 Å². The van der Waals surface area contributed by atoms with Gasteiger partial charge in [0, 0.05) is 19.2 Å². The largest absolute Gasteiger partial charge is 0.436 e. The van der Waals surface area contributed by atoms with Crippen LogP contribution in [0.25, 0.3) is 0 Å². The van der Waals surface area contributed by atoms with E-state index in [4.69, 9.17) is 4.42 Å². The van der Waals surface area contributed by atoms with Gasteiger partial charge in [0.15, 0.2) is 0 Å². The molecule has 0 aliphatic rings. The van der Waals surface area contributed by atoms with E-state index < -0.39 is 14.9 Å². The van der Waals surface area contributed by atoms with Crippen molar-refractivity contribution >= 4 is 27.5 Å². The van der Waals surface area contributed by atoms with Gasteiger partial charge in [-0.15, -0.1) is 0 Å². The molecule has 136 valence electrons. The quantitative estimate of drug-likeness (QED) is 0.531. The molecule has 0 aliphatic carbocycles. The molecule has 1 aromatic carbocycles. The molecule has 0 aliphatic heterocycles. The highest BCUT2D eigenvalue weighted by molar-refractivity contribution is 7.99. The van der Waals surface area contributed by atoms with Gasteiger partial charge in [0.05, 0.1) is 20.4 Å². The number of hydrogen-bond donors (Lipinski definition) is 0. The minimum Gasteiger partial charge on any atom is -0.436 e. The number of rotatable bonds is 7. The first-order valence-electron chi connectivity index (χ1n) is 7.61. The SMILES string of the molecule is CCN(CC)S(=O)(=O)c1ccc(Sc2nc(C)c(C)o2)c([N+](=O)[O-])c1. The number of oxazole rings is 1. The molecule has 0 spiro atoms. The van der Waals surface area contributed by atoms with E-state index in [2.05, 4.69) is 4.98 Å². The molecule has 2 rings (SSSR count). The van der Waals surface area contributed by atoms with E-state index in [0.717, 1.165) is 17.8 Å². The average molecular weight is 385 g/mol. The maximum atomic E-state index is 12.6. The lowest BCUT2D eigenvalue weighted by molar-refractivity contribution is -0.388. The Kier molecular flexibility index (Phi) is 5.86. The highest BCUT2D eigenvalue weighted by Crippen LogP contribution is 2.36. The van der Waals surface area contributed by atoms with E-state index in [1.165, 1.54) is 16.4 Å². The van der Waals surface area contributed by atoms with E-state index in [-0.39, 0.29) is 33.8 Å². The minimum atomic E-state index is -3.77. The van der Waals surface area contributed by atoms with Crippen molar-refractivity contribution in [2.45, 2.75) is 42.7 Å². The Bertz CT molecular complexity index is 869. The smallest absolute Gasteiger partial charge is 0.284 e. The Hall–Kier alpha value is -1.91. The Morgan fingerprint density at radius 3 is 2.40 bits per heavy atom. The standard InChI is InChI=1S/C15H19N3O5S2/c1-5-17(6-2)25(21,22)12-7-8-14(13(9-12)18(19)20)24-15-16-10(3)11(4)23-15/h7-9H,5-6H2,1-4H3. The molecule has 1 heterocycles. The predicted molar refractivity (Wildman–Crippen MR) is 93.3 cm³/mol. The molecular weight excluding hydrogens is 366 g/mol. The van der Waals surface area contributed by atoms with Gasteiger partial charge >= 0.3 is 0 Å². The van der Waals surface area contributed by atoms with Gasteiger partial charge in [-0.3, -0.25) is 10.1 Å². The topological polar surface area (TPSA) is 107 Å². The van der Waals surface area contributed by atoms with Crippen molar-refractivity contribution in [3.63, 3.8) is 0 Å². The van der Waals surface area contributed by atoms with Crippen LogP contribution < -0.4 is 0 Å². The van der Waals surface area contributed by atoms with Gasteiger partial charge in [-0.1, -0.05) is 13.8 Å². The Labute approximate surface area is 150 Å². The minimum absolute atomic E-state index is 0.105. The molecule has 0 radical (unpaired) electrons. The molecule has 0 saturated carbocycles. The maximum absolute atomic E-state index is 12.6. The summed E-state index contributed by atoms with van der Waals surface area (Å²) in [5, 5.41) is 11.7. The van der Waals surface area contributed by atoms with Crippen LogP contribution in [0.3, 0.4) is 0 Å².